The van der Waals surface area contributed by atoms with Crippen LogP contribution in [0.15, 0.2) is 35.2 Å². The van der Waals surface area contributed by atoms with E-state index in [-0.39, 0.29) is 10.6 Å². The van der Waals surface area contributed by atoms with E-state index >= 15 is 0 Å². The van der Waals surface area contributed by atoms with Gasteiger partial charge in [-0.25, -0.2) is 8.42 Å². The van der Waals surface area contributed by atoms with Gasteiger partial charge in [0, 0.05) is 5.69 Å². The van der Waals surface area contributed by atoms with E-state index in [0.29, 0.717) is 16.3 Å². The maximum absolute atomic E-state index is 12.4. The second-order valence-corrected chi connectivity index (χ2v) is 7.19. The molecule has 0 saturated carbocycles. The molecular formula is C15H17ClN2O2S. The first-order valence-corrected chi connectivity index (χ1v) is 8.22. The molecule has 0 heterocycles. The number of halogens is 1. The molecule has 3 N–H and O–H groups in total. The van der Waals surface area contributed by atoms with Gasteiger partial charge in [0.1, 0.15) is 0 Å². The molecule has 2 aromatic carbocycles. The molecule has 0 amide bonds. The summed E-state index contributed by atoms with van der Waals surface area (Å²) in [7, 11) is -3.70. The Balaban J connectivity index is 2.43. The van der Waals surface area contributed by atoms with Gasteiger partial charge >= 0.3 is 0 Å². The molecule has 6 heteroatoms. The maximum Gasteiger partial charge on any atom is 0.261 e. The molecule has 0 aromatic heterocycles. The highest BCUT2D eigenvalue weighted by Crippen LogP contribution is 2.28. The highest BCUT2D eigenvalue weighted by molar-refractivity contribution is 7.92. The normalized spacial score (nSPS) is 11.4. The molecule has 0 radical (unpaired) electrons. The third-order valence-electron chi connectivity index (χ3n) is 3.04. The Bertz CT molecular complexity index is 758. The van der Waals surface area contributed by atoms with Crippen molar-refractivity contribution in [1.82, 2.24) is 0 Å². The predicted octanol–water partition coefficient (Wildman–Crippen LogP) is 3.65. The Morgan fingerprint density at radius 2 is 1.57 bits per heavy atom. The number of nitrogen functional groups attached to an aromatic ring is 1. The summed E-state index contributed by atoms with van der Waals surface area (Å²) in [4.78, 5) is 0.0982. The van der Waals surface area contributed by atoms with Crippen molar-refractivity contribution in [3.05, 3.63) is 52.0 Å². The molecule has 112 valence electrons. The van der Waals surface area contributed by atoms with Crippen LogP contribution in [-0.4, -0.2) is 8.42 Å². The van der Waals surface area contributed by atoms with Crippen molar-refractivity contribution in [1.29, 1.82) is 0 Å². The van der Waals surface area contributed by atoms with E-state index in [9.17, 15) is 8.42 Å². The van der Waals surface area contributed by atoms with Gasteiger partial charge in [0.2, 0.25) is 0 Å². The number of sulfonamides is 1. The minimum Gasteiger partial charge on any atom is -0.397 e. The van der Waals surface area contributed by atoms with Crippen LogP contribution in [0.4, 0.5) is 11.4 Å². The van der Waals surface area contributed by atoms with Crippen LogP contribution < -0.4 is 10.5 Å². The van der Waals surface area contributed by atoms with E-state index in [2.05, 4.69) is 4.72 Å². The van der Waals surface area contributed by atoms with Gasteiger partial charge in [-0.3, -0.25) is 4.72 Å². The number of benzene rings is 2. The molecule has 2 aromatic rings. The van der Waals surface area contributed by atoms with Crippen LogP contribution in [0.5, 0.6) is 0 Å². The summed E-state index contributed by atoms with van der Waals surface area (Å²) in [6, 6.07) is 8.39. The number of anilines is 2. The molecule has 0 fully saturated rings. The van der Waals surface area contributed by atoms with Crippen molar-refractivity contribution in [3.8, 4) is 0 Å². The van der Waals surface area contributed by atoms with Crippen molar-refractivity contribution in [2.75, 3.05) is 10.5 Å². The van der Waals surface area contributed by atoms with E-state index in [1.165, 1.54) is 12.1 Å². The Labute approximate surface area is 130 Å². The molecule has 0 saturated heterocycles. The van der Waals surface area contributed by atoms with Gasteiger partial charge < -0.3 is 5.73 Å². The molecule has 2 rings (SSSR count). The fourth-order valence-electron chi connectivity index (χ4n) is 2.17. The quantitative estimate of drug-likeness (QED) is 0.846. The Kier molecular flexibility index (Phi) is 4.16. The fraction of sp³-hybridized carbons (Fsp3) is 0.200. The van der Waals surface area contributed by atoms with Crippen LogP contribution in [0, 0.1) is 20.8 Å². The molecule has 4 nitrogen and oxygen atoms in total. The van der Waals surface area contributed by atoms with Crippen LogP contribution in [0.2, 0.25) is 5.02 Å². The summed E-state index contributed by atoms with van der Waals surface area (Å²) in [6.45, 7) is 5.54. The van der Waals surface area contributed by atoms with Crippen LogP contribution in [-0.2, 0) is 10.0 Å². The number of hydrogen-bond donors (Lipinski definition) is 2. The van der Waals surface area contributed by atoms with Crippen molar-refractivity contribution in [2.45, 2.75) is 25.7 Å². The Morgan fingerprint density at radius 3 is 2.10 bits per heavy atom. The Morgan fingerprint density at radius 1 is 1.00 bits per heavy atom. The fourth-order valence-corrected chi connectivity index (χ4v) is 3.43. The summed E-state index contributed by atoms with van der Waals surface area (Å²) in [5, 5.41) is 0.375. The zero-order valence-electron chi connectivity index (χ0n) is 12.1. The summed E-state index contributed by atoms with van der Waals surface area (Å²) < 4.78 is 27.4. The van der Waals surface area contributed by atoms with E-state index in [4.69, 9.17) is 17.3 Å². The zero-order chi connectivity index (χ0) is 15.8. The first kappa shape index (κ1) is 15.7. The predicted molar refractivity (Wildman–Crippen MR) is 87.3 cm³/mol. The molecule has 0 aliphatic carbocycles. The second kappa shape index (κ2) is 5.58. The molecule has 0 aliphatic heterocycles. The van der Waals surface area contributed by atoms with Crippen LogP contribution >= 0.6 is 11.6 Å². The van der Waals surface area contributed by atoms with Gasteiger partial charge in [0.05, 0.1) is 15.6 Å². The third-order valence-corrected chi connectivity index (χ3v) is 4.92. The van der Waals surface area contributed by atoms with E-state index < -0.39 is 10.0 Å². The van der Waals surface area contributed by atoms with Gasteiger partial charge in [-0.1, -0.05) is 17.7 Å². The second-order valence-electron chi connectivity index (χ2n) is 5.13. The number of rotatable bonds is 3. The lowest BCUT2D eigenvalue weighted by atomic mass is 10.1. The van der Waals surface area contributed by atoms with Gasteiger partial charge in [-0.15, -0.1) is 0 Å². The molecule has 0 atom stereocenters. The van der Waals surface area contributed by atoms with E-state index in [1.54, 1.807) is 19.1 Å². The van der Waals surface area contributed by atoms with Crippen molar-refractivity contribution in [2.24, 2.45) is 0 Å². The van der Waals surface area contributed by atoms with Crippen LogP contribution in [0.1, 0.15) is 16.7 Å². The van der Waals surface area contributed by atoms with Crippen molar-refractivity contribution < 1.29 is 8.42 Å². The first-order valence-electron chi connectivity index (χ1n) is 6.36. The molecule has 0 bridgehead atoms. The zero-order valence-corrected chi connectivity index (χ0v) is 13.6. The van der Waals surface area contributed by atoms with Gasteiger partial charge in [0.15, 0.2) is 0 Å². The number of nitrogens with two attached hydrogens (primary N) is 1. The first-order chi connectivity index (χ1) is 9.69. The van der Waals surface area contributed by atoms with Crippen molar-refractivity contribution in [3.63, 3.8) is 0 Å². The number of nitrogens with one attached hydrogen (secondary N) is 1. The minimum atomic E-state index is -3.70. The summed E-state index contributed by atoms with van der Waals surface area (Å²) in [6.07, 6.45) is 0. The molecule has 0 aliphatic rings. The average Bonchev–Trinajstić information content (AvgIpc) is 2.33. The van der Waals surface area contributed by atoms with Crippen LogP contribution in [0.3, 0.4) is 0 Å². The monoisotopic (exact) mass is 324 g/mol. The number of aryl methyl sites for hydroxylation is 3. The topological polar surface area (TPSA) is 72.2 Å². The lowest BCUT2D eigenvalue weighted by Gasteiger charge is -2.12. The molecular weight excluding hydrogens is 308 g/mol. The minimum absolute atomic E-state index is 0.0982. The maximum atomic E-state index is 12.4. The molecule has 0 spiro atoms. The van der Waals surface area contributed by atoms with E-state index in [1.807, 2.05) is 19.9 Å². The van der Waals surface area contributed by atoms with Crippen molar-refractivity contribution >= 4 is 33.0 Å². The number of hydrogen-bond acceptors (Lipinski definition) is 3. The van der Waals surface area contributed by atoms with Gasteiger partial charge in [0.25, 0.3) is 10.0 Å². The van der Waals surface area contributed by atoms with E-state index in [0.717, 1.165) is 11.1 Å². The smallest absolute Gasteiger partial charge is 0.261 e. The standard InChI is InChI=1S/C15H17ClN2O2S/c1-9-4-10(2)6-12(5-9)18-21(19,20)13-7-11(3)15(16)14(17)8-13/h4-8,18H,17H2,1-3H3. The average molecular weight is 325 g/mol. The lowest BCUT2D eigenvalue weighted by molar-refractivity contribution is 0.601. The molecule has 21 heavy (non-hydrogen) atoms. The summed E-state index contributed by atoms with van der Waals surface area (Å²) >= 11 is 5.96. The summed E-state index contributed by atoms with van der Waals surface area (Å²) in [5.41, 5.74) is 9.10. The third kappa shape index (κ3) is 3.49. The molecule has 0 unspecified atom stereocenters. The highest BCUT2D eigenvalue weighted by atomic mass is 35.5. The van der Waals surface area contributed by atoms with Gasteiger partial charge in [-0.2, -0.15) is 0 Å². The SMILES string of the molecule is Cc1cc(C)cc(NS(=O)(=O)c2cc(C)c(Cl)c(N)c2)c1. The lowest BCUT2D eigenvalue weighted by Crippen LogP contribution is -2.14. The largest absolute Gasteiger partial charge is 0.397 e. The Hall–Kier alpha value is -1.72. The highest BCUT2D eigenvalue weighted by Gasteiger charge is 2.17. The van der Waals surface area contributed by atoms with Gasteiger partial charge in [-0.05, 0) is 61.7 Å². The summed E-state index contributed by atoms with van der Waals surface area (Å²) in [5.74, 6) is 0. The van der Waals surface area contributed by atoms with Crippen LogP contribution in [0.25, 0.3) is 0 Å².